The fourth-order valence-electron chi connectivity index (χ4n) is 2.81. The van der Waals surface area contributed by atoms with Gasteiger partial charge in [-0.05, 0) is 26.4 Å². The van der Waals surface area contributed by atoms with Gasteiger partial charge in [0.2, 0.25) is 0 Å². The molecule has 0 saturated carbocycles. The van der Waals surface area contributed by atoms with Crippen LogP contribution in [0.5, 0.6) is 0 Å². The van der Waals surface area contributed by atoms with Gasteiger partial charge in [0, 0.05) is 38.3 Å². The first kappa shape index (κ1) is 14.2. The van der Waals surface area contributed by atoms with E-state index in [-0.39, 0.29) is 6.61 Å². The fraction of sp³-hybridized carbons (Fsp3) is 1.00. The molecule has 2 saturated heterocycles. The second-order valence-electron chi connectivity index (χ2n) is 5.45. The minimum absolute atomic E-state index is 0.261. The molecule has 0 aromatic rings. The van der Waals surface area contributed by atoms with Crippen LogP contribution >= 0.6 is 0 Å². The van der Waals surface area contributed by atoms with Gasteiger partial charge in [0.05, 0.1) is 19.8 Å². The molecule has 0 aromatic carbocycles. The molecule has 106 valence electrons. The van der Waals surface area contributed by atoms with Crippen molar-refractivity contribution in [1.82, 2.24) is 15.1 Å². The summed E-state index contributed by atoms with van der Waals surface area (Å²) in [6.07, 6.45) is 1.18. The van der Waals surface area contributed by atoms with E-state index in [2.05, 4.69) is 22.0 Å². The lowest BCUT2D eigenvalue weighted by Gasteiger charge is -2.39. The summed E-state index contributed by atoms with van der Waals surface area (Å²) in [7, 11) is 0. The maximum absolute atomic E-state index is 9.39. The quantitative estimate of drug-likeness (QED) is 0.686. The normalized spacial score (nSPS) is 31.7. The van der Waals surface area contributed by atoms with Crippen molar-refractivity contribution in [3.05, 3.63) is 0 Å². The Morgan fingerprint density at radius 2 is 2.06 bits per heavy atom. The molecule has 2 N–H and O–H groups in total. The van der Waals surface area contributed by atoms with Gasteiger partial charge in [-0.25, -0.2) is 0 Å². The lowest BCUT2D eigenvalue weighted by atomic mass is 10.1. The molecule has 5 nitrogen and oxygen atoms in total. The van der Waals surface area contributed by atoms with Gasteiger partial charge in [0.15, 0.2) is 0 Å². The maximum Gasteiger partial charge on any atom is 0.0599 e. The van der Waals surface area contributed by atoms with Crippen LogP contribution in [0.25, 0.3) is 0 Å². The molecule has 0 bridgehead atoms. The van der Waals surface area contributed by atoms with Crippen LogP contribution in [-0.2, 0) is 4.74 Å². The Morgan fingerprint density at radius 1 is 1.28 bits per heavy atom. The van der Waals surface area contributed by atoms with Crippen molar-refractivity contribution in [3.8, 4) is 0 Å². The molecule has 0 spiro atoms. The average Bonchev–Trinajstić information content (AvgIpc) is 2.40. The van der Waals surface area contributed by atoms with Crippen LogP contribution < -0.4 is 5.32 Å². The zero-order chi connectivity index (χ0) is 12.8. The highest BCUT2D eigenvalue weighted by Gasteiger charge is 2.24. The topological polar surface area (TPSA) is 48.0 Å². The average molecular weight is 257 g/mol. The minimum atomic E-state index is 0.261. The molecule has 2 heterocycles. The third kappa shape index (κ3) is 4.17. The molecule has 2 aliphatic heterocycles. The number of morpholine rings is 1. The Bertz CT molecular complexity index is 234. The number of aliphatic hydroxyl groups excluding tert-OH is 1. The van der Waals surface area contributed by atoms with Gasteiger partial charge in [-0.1, -0.05) is 0 Å². The number of hydrogen-bond acceptors (Lipinski definition) is 5. The predicted octanol–water partition coefficient (Wildman–Crippen LogP) is -0.637. The molecule has 0 radical (unpaired) electrons. The number of piperazine rings is 1. The van der Waals surface area contributed by atoms with E-state index in [0.29, 0.717) is 12.1 Å². The predicted molar refractivity (Wildman–Crippen MR) is 71.8 cm³/mol. The SMILES string of the molecule is CC1CN(CCCN2CCOCC2)C(CO)CN1. The number of ether oxygens (including phenoxy) is 1. The van der Waals surface area contributed by atoms with E-state index in [0.717, 1.165) is 52.5 Å². The maximum atomic E-state index is 9.39. The lowest BCUT2D eigenvalue weighted by Crippen LogP contribution is -2.57. The molecule has 2 rings (SSSR count). The summed E-state index contributed by atoms with van der Waals surface area (Å²) in [5, 5.41) is 12.8. The number of nitrogens with one attached hydrogen (secondary N) is 1. The summed E-state index contributed by atoms with van der Waals surface area (Å²) in [5.41, 5.74) is 0. The van der Waals surface area contributed by atoms with Crippen molar-refractivity contribution in [3.63, 3.8) is 0 Å². The van der Waals surface area contributed by atoms with E-state index >= 15 is 0 Å². The molecule has 2 fully saturated rings. The van der Waals surface area contributed by atoms with Crippen LogP contribution in [0.3, 0.4) is 0 Å². The Kier molecular flexibility index (Phi) is 5.85. The summed E-state index contributed by atoms with van der Waals surface area (Å²) < 4.78 is 5.35. The largest absolute Gasteiger partial charge is 0.395 e. The Balaban J connectivity index is 1.67. The minimum Gasteiger partial charge on any atom is -0.395 e. The van der Waals surface area contributed by atoms with Crippen LogP contribution in [0, 0.1) is 0 Å². The molecular formula is C13H27N3O2. The van der Waals surface area contributed by atoms with E-state index in [4.69, 9.17) is 4.74 Å². The summed E-state index contributed by atoms with van der Waals surface area (Å²) >= 11 is 0. The van der Waals surface area contributed by atoms with E-state index in [1.807, 2.05) is 0 Å². The fourth-order valence-corrected chi connectivity index (χ4v) is 2.81. The second-order valence-corrected chi connectivity index (χ2v) is 5.45. The third-order valence-electron chi connectivity index (χ3n) is 3.96. The van der Waals surface area contributed by atoms with Crippen molar-refractivity contribution in [2.24, 2.45) is 0 Å². The van der Waals surface area contributed by atoms with Gasteiger partial charge in [-0.2, -0.15) is 0 Å². The Hall–Kier alpha value is -0.200. The van der Waals surface area contributed by atoms with Crippen molar-refractivity contribution in [2.45, 2.75) is 25.4 Å². The smallest absolute Gasteiger partial charge is 0.0599 e. The molecule has 0 aliphatic carbocycles. The number of rotatable bonds is 5. The van der Waals surface area contributed by atoms with Gasteiger partial charge < -0.3 is 15.2 Å². The van der Waals surface area contributed by atoms with Gasteiger partial charge in [0.1, 0.15) is 0 Å². The van der Waals surface area contributed by atoms with Crippen LogP contribution in [0.2, 0.25) is 0 Å². The van der Waals surface area contributed by atoms with Gasteiger partial charge in [-0.15, -0.1) is 0 Å². The highest BCUT2D eigenvalue weighted by molar-refractivity contribution is 4.83. The Labute approximate surface area is 110 Å². The highest BCUT2D eigenvalue weighted by atomic mass is 16.5. The standard InChI is InChI=1S/C13H27N3O2/c1-12-10-16(13(11-17)9-14-12)4-2-3-15-5-7-18-8-6-15/h12-14,17H,2-11H2,1H3. The van der Waals surface area contributed by atoms with Crippen LogP contribution in [-0.4, -0.2) is 86.1 Å². The van der Waals surface area contributed by atoms with Crippen LogP contribution in [0.4, 0.5) is 0 Å². The number of nitrogens with zero attached hydrogens (tertiary/aromatic N) is 2. The summed E-state index contributed by atoms with van der Waals surface area (Å²) in [6.45, 7) is 10.6. The van der Waals surface area contributed by atoms with Crippen molar-refractivity contribution in [1.29, 1.82) is 0 Å². The molecule has 5 heteroatoms. The zero-order valence-corrected chi connectivity index (χ0v) is 11.5. The molecule has 18 heavy (non-hydrogen) atoms. The first-order chi connectivity index (χ1) is 8.79. The summed E-state index contributed by atoms with van der Waals surface area (Å²) in [4.78, 5) is 4.91. The highest BCUT2D eigenvalue weighted by Crippen LogP contribution is 2.08. The van der Waals surface area contributed by atoms with Crippen molar-refractivity contribution < 1.29 is 9.84 Å². The molecule has 2 aliphatic rings. The third-order valence-corrected chi connectivity index (χ3v) is 3.96. The summed E-state index contributed by atoms with van der Waals surface area (Å²) in [6, 6.07) is 0.835. The van der Waals surface area contributed by atoms with E-state index in [1.54, 1.807) is 0 Å². The summed E-state index contributed by atoms with van der Waals surface area (Å²) in [5.74, 6) is 0. The molecule has 2 unspecified atom stereocenters. The van der Waals surface area contributed by atoms with E-state index < -0.39 is 0 Å². The second kappa shape index (κ2) is 7.40. The monoisotopic (exact) mass is 257 g/mol. The van der Waals surface area contributed by atoms with Gasteiger partial charge in [-0.3, -0.25) is 9.80 Å². The molecular weight excluding hydrogens is 230 g/mol. The lowest BCUT2D eigenvalue weighted by molar-refractivity contribution is 0.0324. The van der Waals surface area contributed by atoms with Crippen molar-refractivity contribution >= 4 is 0 Å². The van der Waals surface area contributed by atoms with E-state index in [1.165, 1.54) is 6.42 Å². The number of aliphatic hydroxyl groups is 1. The van der Waals surface area contributed by atoms with Gasteiger partial charge >= 0.3 is 0 Å². The first-order valence-electron chi connectivity index (χ1n) is 7.18. The van der Waals surface area contributed by atoms with E-state index in [9.17, 15) is 5.11 Å². The number of hydrogen-bond donors (Lipinski definition) is 2. The van der Waals surface area contributed by atoms with Crippen LogP contribution in [0.15, 0.2) is 0 Å². The van der Waals surface area contributed by atoms with Crippen molar-refractivity contribution in [2.75, 3.05) is 59.1 Å². The molecule has 2 atom stereocenters. The first-order valence-corrected chi connectivity index (χ1v) is 7.18. The molecule has 0 aromatic heterocycles. The zero-order valence-electron chi connectivity index (χ0n) is 11.5. The Morgan fingerprint density at radius 3 is 2.78 bits per heavy atom. The molecule has 0 amide bonds. The van der Waals surface area contributed by atoms with Gasteiger partial charge in [0.25, 0.3) is 0 Å². The van der Waals surface area contributed by atoms with Crippen LogP contribution in [0.1, 0.15) is 13.3 Å².